The van der Waals surface area contributed by atoms with Crippen LogP contribution in [0.4, 0.5) is 0 Å². The third-order valence-electron chi connectivity index (χ3n) is 10.0. The molecule has 0 heterocycles. The van der Waals surface area contributed by atoms with Gasteiger partial charge in [-0.15, -0.1) is 0 Å². The zero-order valence-electron chi connectivity index (χ0n) is 28.3. The molecule has 0 saturated heterocycles. The number of rotatable bonds is 31. The van der Waals surface area contributed by atoms with Gasteiger partial charge in [-0.1, -0.05) is 169 Å². The summed E-state index contributed by atoms with van der Waals surface area (Å²) in [7, 11) is 0. The van der Waals surface area contributed by atoms with Gasteiger partial charge in [0.05, 0.1) is 5.41 Å². The maximum Gasteiger partial charge on any atom is 0.309 e. The molecule has 0 aromatic carbocycles. The molecule has 0 radical (unpaired) electrons. The summed E-state index contributed by atoms with van der Waals surface area (Å²) in [6.07, 6.45) is 29.7. The molecule has 0 aliphatic rings. The normalized spacial score (nSPS) is 15.3. The van der Waals surface area contributed by atoms with E-state index < -0.39 is 17.4 Å². The van der Waals surface area contributed by atoms with Crippen molar-refractivity contribution >= 4 is 11.9 Å². The van der Waals surface area contributed by atoms with E-state index in [-0.39, 0.29) is 5.92 Å². The number of unbranched alkanes of at least 4 members (excludes halogenated alkanes) is 15. The Morgan fingerprint density at radius 1 is 0.537 bits per heavy atom. The van der Waals surface area contributed by atoms with Crippen LogP contribution < -0.4 is 0 Å². The van der Waals surface area contributed by atoms with Crippen LogP contribution in [0.1, 0.15) is 202 Å². The number of carbonyl (C=O) groups is 2. The highest BCUT2D eigenvalue weighted by Gasteiger charge is 2.45. The number of hydrogen-bond acceptors (Lipinski definition) is 2. The maximum atomic E-state index is 13.1. The lowest BCUT2D eigenvalue weighted by Crippen LogP contribution is -2.41. The van der Waals surface area contributed by atoms with Crippen LogP contribution in [0.25, 0.3) is 0 Å². The Bertz CT molecular complexity index is 598. The molecule has 4 heteroatoms. The van der Waals surface area contributed by atoms with Crippen LogP contribution in [0.3, 0.4) is 0 Å². The summed E-state index contributed by atoms with van der Waals surface area (Å²) in [5.41, 5.74) is -0.568. The average molecular weight is 581 g/mol. The van der Waals surface area contributed by atoms with Crippen LogP contribution in [-0.4, -0.2) is 22.2 Å². The zero-order chi connectivity index (χ0) is 30.8. The Hall–Kier alpha value is -1.06. The molecule has 0 fully saturated rings. The monoisotopic (exact) mass is 581 g/mol. The minimum Gasteiger partial charge on any atom is -0.481 e. The smallest absolute Gasteiger partial charge is 0.309 e. The lowest BCUT2D eigenvalue weighted by Gasteiger charge is -2.40. The molecule has 0 bridgehead atoms. The molecule has 0 aliphatic heterocycles. The van der Waals surface area contributed by atoms with Gasteiger partial charge in [-0.2, -0.15) is 0 Å². The fourth-order valence-corrected chi connectivity index (χ4v) is 6.91. The van der Waals surface area contributed by atoms with Crippen molar-refractivity contribution < 1.29 is 19.8 Å². The fraction of sp³-hybridized carbons (Fsp3) is 0.946. The first-order valence-electron chi connectivity index (χ1n) is 18.2. The minimum atomic E-state index is -0.670. The Morgan fingerprint density at radius 2 is 0.902 bits per heavy atom. The quantitative estimate of drug-likeness (QED) is 0.0800. The topological polar surface area (TPSA) is 74.6 Å². The van der Waals surface area contributed by atoms with E-state index >= 15 is 0 Å². The van der Waals surface area contributed by atoms with Crippen molar-refractivity contribution in [3.05, 3.63) is 0 Å². The zero-order valence-corrected chi connectivity index (χ0v) is 28.3. The van der Waals surface area contributed by atoms with Crippen LogP contribution in [0.2, 0.25) is 0 Å². The van der Waals surface area contributed by atoms with E-state index in [0.717, 1.165) is 44.9 Å². The molecular formula is C37H72O4. The highest BCUT2D eigenvalue weighted by molar-refractivity contribution is 5.75. The predicted molar refractivity (Wildman–Crippen MR) is 177 cm³/mol. The van der Waals surface area contributed by atoms with E-state index in [4.69, 9.17) is 5.11 Å². The molecule has 3 atom stereocenters. The first kappa shape index (κ1) is 39.9. The number of hydrogen-bond donors (Lipinski definition) is 2. The van der Waals surface area contributed by atoms with Gasteiger partial charge in [-0.3, -0.25) is 9.59 Å². The lowest BCUT2D eigenvalue weighted by atomic mass is 9.63. The predicted octanol–water partition coefficient (Wildman–Crippen LogP) is 12.2. The summed E-state index contributed by atoms with van der Waals surface area (Å²) in [5, 5.41) is 19.4. The summed E-state index contributed by atoms with van der Waals surface area (Å²) in [6.45, 7) is 11.3. The molecule has 2 N–H and O–H groups in total. The largest absolute Gasteiger partial charge is 0.481 e. The van der Waals surface area contributed by atoms with Gasteiger partial charge in [0.1, 0.15) is 0 Å². The van der Waals surface area contributed by atoms with Gasteiger partial charge in [-0.05, 0) is 43.4 Å². The first-order chi connectivity index (χ1) is 19.8. The van der Waals surface area contributed by atoms with Crippen LogP contribution in [0.5, 0.6) is 0 Å². The molecule has 0 spiro atoms. The Kier molecular flexibility index (Phi) is 25.9. The molecule has 0 aromatic heterocycles. The van der Waals surface area contributed by atoms with Gasteiger partial charge >= 0.3 is 11.9 Å². The Labute approximate surface area is 256 Å². The molecule has 0 saturated carbocycles. The summed E-state index contributed by atoms with van der Waals surface area (Å²) in [4.78, 5) is 23.6. The summed E-state index contributed by atoms with van der Waals surface area (Å²) in [6, 6.07) is 0. The molecule has 0 aromatic rings. The van der Waals surface area contributed by atoms with Crippen molar-refractivity contribution in [1.29, 1.82) is 0 Å². The third kappa shape index (κ3) is 19.7. The van der Waals surface area contributed by atoms with Crippen LogP contribution in [0, 0.1) is 23.2 Å². The number of carboxylic acids is 2. The third-order valence-corrected chi connectivity index (χ3v) is 10.0. The number of carboxylic acid groups (broad SMARTS) is 2. The Morgan fingerprint density at radius 3 is 1.22 bits per heavy atom. The second-order valence-corrected chi connectivity index (χ2v) is 13.5. The highest BCUT2D eigenvalue weighted by Crippen LogP contribution is 2.46. The summed E-state index contributed by atoms with van der Waals surface area (Å²) < 4.78 is 0. The van der Waals surface area contributed by atoms with Crippen molar-refractivity contribution in [2.45, 2.75) is 202 Å². The van der Waals surface area contributed by atoms with Gasteiger partial charge < -0.3 is 10.2 Å². The van der Waals surface area contributed by atoms with Crippen molar-refractivity contribution in [3.8, 4) is 0 Å². The average Bonchev–Trinajstić information content (AvgIpc) is 2.95. The number of aliphatic carboxylic acids is 2. The second-order valence-electron chi connectivity index (χ2n) is 13.5. The molecule has 244 valence electrons. The SMILES string of the molecule is CCCCC(CC)CC(CC(CC)CCCC)(C(=O)O)C(C)CCCCCCCCCCCCCCCCC(=O)O. The van der Waals surface area contributed by atoms with Gasteiger partial charge in [0.15, 0.2) is 0 Å². The van der Waals surface area contributed by atoms with E-state index in [1.54, 1.807) is 0 Å². The molecule has 0 amide bonds. The Balaban J connectivity index is 4.50. The van der Waals surface area contributed by atoms with Crippen molar-refractivity contribution in [2.75, 3.05) is 0 Å². The van der Waals surface area contributed by atoms with Crippen molar-refractivity contribution in [1.82, 2.24) is 0 Å². The van der Waals surface area contributed by atoms with Crippen LogP contribution in [0.15, 0.2) is 0 Å². The molecule has 4 nitrogen and oxygen atoms in total. The fourth-order valence-electron chi connectivity index (χ4n) is 6.91. The van der Waals surface area contributed by atoms with E-state index in [1.807, 2.05) is 0 Å². The minimum absolute atomic E-state index is 0.239. The van der Waals surface area contributed by atoms with E-state index in [9.17, 15) is 14.7 Å². The standard InChI is InChI=1S/C37H72O4/c1-6-10-27-33(8-3)30-37(36(40)41,31-34(9-4)28-11-7-2)32(5)26-24-22-20-18-16-14-12-13-15-17-19-21-23-25-29-35(38)39/h32-34H,6-31H2,1-5H3,(H,38,39)(H,40,41). The lowest BCUT2D eigenvalue weighted by molar-refractivity contribution is -0.156. The summed E-state index contributed by atoms with van der Waals surface area (Å²) in [5.74, 6) is 0.106. The maximum absolute atomic E-state index is 13.1. The molecule has 3 unspecified atom stereocenters. The van der Waals surface area contributed by atoms with E-state index in [0.29, 0.717) is 18.3 Å². The van der Waals surface area contributed by atoms with Gasteiger partial charge in [0.25, 0.3) is 0 Å². The van der Waals surface area contributed by atoms with Crippen molar-refractivity contribution in [3.63, 3.8) is 0 Å². The van der Waals surface area contributed by atoms with Gasteiger partial charge in [0, 0.05) is 6.42 Å². The van der Waals surface area contributed by atoms with Gasteiger partial charge in [0.2, 0.25) is 0 Å². The molecule has 0 aliphatic carbocycles. The van der Waals surface area contributed by atoms with E-state index in [1.165, 1.54) is 116 Å². The van der Waals surface area contributed by atoms with Crippen molar-refractivity contribution in [2.24, 2.45) is 23.2 Å². The molecule has 0 rings (SSSR count). The van der Waals surface area contributed by atoms with E-state index in [2.05, 4.69) is 34.6 Å². The van der Waals surface area contributed by atoms with Gasteiger partial charge in [-0.25, -0.2) is 0 Å². The van der Waals surface area contributed by atoms with Crippen LogP contribution >= 0.6 is 0 Å². The highest BCUT2D eigenvalue weighted by atomic mass is 16.4. The molecular weight excluding hydrogens is 508 g/mol. The summed E-state index contributed by atoms with van der Waals surface area (Å²) >= 11 is 0. The molecule has 41 heavy (non-hydrogen) atoms. The second kappa shape index (κ2) is 26.6. The first-order valence-corrected chi connectivity index (χ1v) is 18.2. The van der Waals surface area contributed by atoms with Crippen LogP contribution in [-0.2, 0) is 9.59 Å².